The first-order chi connectivity index (χ1) is 12.9. The molecule has 2 amide bonds. The second-order valence-corrected chi connectivity index (χ2v) is 7.47. The molecule has 1 heterocycles. The number of methoxy groups -OCH3 is 2. The first-order valence-electron chi connectivity index (χ1n) is 8.20. The van der Waals surface area contributed by atoms with Crippen molar-refractivity contribution in [2.24, 2.45) is 0 Å². The minimum atomic E-state index is -3.76. The average Bonchev–Trinajstić information content (AvgIpc) is 3.17. The minimum Gasteiger partial charge on any atom is -0.359 e. The Labute approximate surface area is 157 Å². The van der Waals surface area contributed by atoms with Crippen LogP contribution in [0.25, 0.3) is 0 Å². The van der Waals surface area contributed by atoms with Crippen molar-refractivity contribution in [3.63, 3.8) is 0 Å². The van der Waals surface area contributed by atoms with Gasteiger partial charge in [-0.15, -0.1) is 0 Å². The van der Waals surface area contributed by atoms with Gasteiger partial charge < -0.3 is 24.8 Å². The predicted octanol–water partition coefficient (Wildman–Crippen LogP) is -1.12. The summed E-state index contributed by atoms with van der Waals surface area (Å²) in [5.41, 5.74) is 0. The number of nitrogens with one attached hydrogen (secondary N) is 2. The number of carbonyl (C=O) groups is 2. The molecule has 0 spiro atoms. The monoisotopic (exact) mass is 401 g/mol. The maximum Gasteiger partial charge on any atom is 0.309 e. The van der Waals surface area contributed by atoms with Crippen molar-refractivity contribution in [1.29, 1.82) is 0 Å². The van der Waals surface area contributed by atoms with E-state index >= 15 is 0 Å². The van der Waals surface area contributed by atoms with Crippen molar-refractivity contribution in [3.8, 4) is 0 Å². The van der Waals surface area contributed by atoms with Gasteiger partial charge in [0.25, 0.3) is 0 Å². The second kappa shape index (κ2) is 9.76. The number of amides is 2. The number of nitrogens with zero attached hydrogens (tertiary/aromatic N) is 1. The average molecular weight is 401 g/mol. The first kappa shape index (κ1) is 21.3. The molecule has 0 saturated carbocycles. The number of benzene rings is 1. The zero-order chi connectivity index (χ0) is 19.9. The van der Waals surface area contributed by atoms with Crippen LogP contribution in [0.4, 0.5) is 0 Å². The topological polar surface area (TPSA) is 123 Å². The summed E-state index contributed by atoms with van der Waals surface area (Å²) in [5, 5.41) is 4.73. The Kier molecular flexibility index (Phi) is 7.68. The van der Waals surface area contributed by atoms with Crippen molar-refractivity contribution in [3.05, 3.63) is 30.3 Å². The summed E-state index contributed by atoms with van der Waals surface area (Å²) in [4.78, 5) is 23.8. The molecule has 1 aromatic rings. The number of carbonyl (C=O) groups excluding carboxylic acids is 2. The molecule has 0 bridgehead atoms. The van der Waals surface area contributed by atoms with E-state index in [4.69, 9.17) is 14.2 Å². The zero-order valence-corrected chi connectivity index (χ0v) is 15.9. The van der Waals surface area contributed by atoms with Gasteiger partial charge in [-0.1, -0.05) is 18.2 Å². The molecule has 1 aromatic carbocycles. The van der Waals surface area contributed by atoms with Crippen LogP contribution in [0, 0.1) is 0 Å². The Morgan fingerprint density at radius 3 is 2.44 bits per heavy atom. The van der Waals surface area contributed by atoms with E-state index in [9.17, 15) is 18.0 Å². The third kappa shape index (κ3) is 5.47. The number of rotatable bonds is 8. The van der Waals surface area contributed by atoms with Gasteiger partial charge in [0.05, 0.1) is 24.6 Å². The van der Waals surface area contributed by atoms with E-state index in [0.29, 0.717) is 0 Å². The lowest BCUT2D eigenvalue weighted by molar-refractivity contribution is -0.142. The van der Waals surface area contributed by atoms with Crippen LogP contribution in [-0.2, 0) is 33.8 Å². The fourth-order valence-corrected chi connectivity index (χ4v) is 3.98. The molecular weight excluding hydrogens is 378 g/mol. The predicted molar refractivity (Wildman–Crippen MR) is 93.9 cm³/mol. The van der Waals surface area contributed by atoms with Crippen LogP contribution in [0.1, 0.15) is 0 Å². The van der Waals surface area contributed by atoms with Crippen molar-refractivity contribution >= 4 is 21.8 Å². The summed E-state index contributed by atoms with van der Waals surface area (Å²) in [6.07, 6.45) is -1.57. The lowest BCUT2D eigenvalue weighted by atomic mass is 10.4. The highest BCUT2D eigenvalue weighted by molar-refractivity contribution is 7.89. The van der Waals surface area contributed by atoms with Gasteiger partial charge in [0.1, 0.15) is 6.23 Å². The molecule has 1 fully saturated rings. The van der Waals surface area contributed by atoms with Gasteiger partial charge in [0.15, 0.2) is 6.29 Å². The largest absolute Gasteiger partial charge is 0.359 e. The van der Waals surface area contributed by atoms with E-state index in [2.05, 4.69) is 10.6 Å². The first-order valence-corrected chi connectivity index (χ1v) is 9.64. The van der Waals surface area contributed by atoms with Gasteiger partial charge in [-0.2, -0.15) is 4.31 Å². The van der Waals surface area contributed by atoms with Crippen LogP contribution in [0.2, 0.25) is 0 Å². The summed E-state index contributed by atoms with van der Waals surface area (Å²) in [6.45, 7) is 0.194. The fraction of sp³-hybridized carbons (Fsp3) is 0.500. The molecule has 1 aliphatic rings. The second-order valence-electron chi connectivity index (χ2n) is 5.58. The van der Waals surface area contributed by atoms with E-state index in [1.807, 2.05) is 0 Å². The molecule has 11 heteroatoms. The SMILES string of the molecule is COC(CNC(=O)C(=O)NC[C@@H]1OCCN1S(=O)(=O)c1ccccc1)OC. The molecule has 1 atom stereocenters. The van der Waals surface area contributed by atoms with E-state index in [-0.39, 0.29) is 31.1 Å². The summed E-state index contributed by atoms with van der Waals surface area (Å²) < 4.78 is 41.7. The summed E-state index contributed by atoms with van der Waals surface area (Å²) in [7, 11) is -0.956. The lowest BCUT2D eigenvalue weighted by Crippen LogP contribution is -2.48. The third-order valence-electron chi connectivity index (χ3n) is 3.89. The number of ether oxygens (including phenoxy) is 3. The molecule has 27 heavy (non-hydrogen) atoms. The Balaban J connectivity index is 1.91. The molecule has 1 saturated heterocycles. The van der Waals surface area contributed by atoms with Crippen LogP contribution >= 0.6 is 0 Å². The summed E-state index contributed by atoms with van der Waals surface area (Å²) >= 11 is 0. The molecule has 0 aromatic heterocycles. The van der Waals surface area contributed by atoms with E-state index < -0.39 is 34.4 Å². The third-order valence-corrected chi connectivity index (χ3v) is 5.79. The maximum absolute atomic E-state index is 12.7. The molecule has 10 nitrogen and oxygen atoms in total. The van der Waals surface area contributed by atoms with Crippen LogP contribution in [0.3, 0.4) is 0 Å². The van der Waals surface area contributed by atoms with Crippen LogP contribution in [0.5, 0.6) is 0 Å². The zero-order valence-electron chi connectivity index (χ0n) is 15.1. The highest BCUT2D eigenvalue weighted by Gasteiger charge is 2.36. The number of sulfonamides is 1. The fourth-order valence-electron chi connectivity index (χ4n) is 2.45. The Morgan fingerprint density at radius 2 is 1.81 bits per heavy atom. The highest BCUT2D eigenvalue weighted by Crippen LogP contribution is 2.21. The molecule has 2 N–H and O–H groups in total. The molecule has 2 rings (SSSR count). The summed E-state index contributed by atoms with van der Waals surface area (Å²) in [6, 6.07) is 7.93. The molecular formula is C16H23N3O7S. The molecule has 150 valence electrons. The van der Waals surface area contributed by atoms with Crippen molar-refractivity contribution < 1.29 is 32.2 Å². The van der Waals surface area contributed by atoms with E-state index in [0.717, 1.165) is 4.31 Å². The molecule has 0 aliphatic carbocycles. The van der Waals surface area contributed by atoms with Crippen LogP contribution < -0.4 is 10.6 Å². The van der Waals surface area contributed by atoms with Gasteiger partial charge in [0.2, 0.25) is 10.0 Å². The van der Waals surface area contributed by atoms with Crippen molar-refractivity contribution in [2.75, 3.05) is 40.5 Å². The summed E-state index contributed by atoms with van der Waals surface area (Å²) in [5.74, 6) is -1.79. The standard InChI is InChI=1S/C16H23N3O7S/c1-24-14(25-2)11-18-16(21)15(20)17-10-13-19(8-9-26-13)27(22,23)12-6-4-3-5-7-12/h3-7,13-14H,8-11H2,1-2H3,(H,17,20)(H,18,21)/t13-/m0/s1. The van der Waals surface area contributed by atoms with E-state index in [1.54, 1.807) is 18.2 Å². The van der Waals surface area contributed by atoms with E-state index in [1.165, 1.54) is 26.4 Å². The quantitative estimate of drug-likeness (QED) is 0.418. The lowest BCUT2D eigenvalue weighted by Gasteiger charge is -2.22. The normalized spacial score (nSPS) is 17.8. The smallest absolute Gasteiger partial charge is 0.309 e. The van der Waals surface area contributed by atoms with Gasteiger partial charge in [0, 0.05) is 20.8 Å². The van der Waals surface area contributed by atoms with Gasteiger partial charge in [-0.25, -0.2) is 8.42 Å². The number of hydrogen-bond donors (Lipinski definition) is 2. The van der Waals surface area contributed by atoms with Gasteiger partial charge in [-0.3, -0.25) is 9.59 Å². The Morgan fingerprint density at radius 1 is 1.19 bits per heavy atom. The van der Waals surface area contributed by atoms with Crippen molar-refractivity contribution in [1.82, 2.24) is 14.9 Å². The Bertz CT molecular complexity index is 738. The maximum atomic E-state index is 12.7. The van der Waals surface area contributed by atoms with Crippen LogP contribution in [0.15, 0.2) is 35.2 Å². The Hall–Kier alpha value is -2.05. The highest BCUT2D eigenvalue weighted by atomic mass is 32.2. The molecule has 1 aliphatic heterocycles. The molecule has 0 unspecified atom stereocenters. The van der Waals surface area contributed by atoms with Crippen molar-refractivity contribution in [2.45, 2.75) is 17.4 Å². The van der Waals surface area contributed by atoms with Gasteiger partial charge in [-0.05, 0) is 12.1 Å². The number of hydrogen-bond acceptors (Lipinski definition) is 7. The minimum absolute atomic E-state index is 0.00626. The molecule has 0 radical (unpaired) electrons. The van der Waals surface area contributed by atoms with Gasteiger partial charge >= 0.3 is 11.8 Å². The van der Waals surface area contributed by atoms with Crippen LogP contribution in [-0.4, -0.2) is 77.5 Å².